The van der Waals surface area contributed by atoms with E-state index in [1.807, 2.05) is 11.0 Å². The van der Waals surface area contributed by atoms with E-state index in [2.05, 4.69) is 11.8 Å². The van der Waals surface area contributed by atoms with E-state index in [0.29, 0.717) is 42.8 Å². The highest BCUT2D eigenvalue weighted by atomic mass is 35.5. The van der Waals surface area contributed by atoms with Gasteiger partial charge in [0.05, 0.1) is 20.0 Å². The molecule has 28 heavy (non-hydrogen) atoms. The Morgan fingerprint density at radius 3 is 2.82 bits per heavy atom. The average molecular weight is 407 g/mol. The number of hydrogen-bond donors (Lipinski definition) is 0. The molecule has 0 N–H and O–H groups in total. The summed E-state index contributed by atoms with van der Waals surface area (Å²) in [5.41, 5.74) is 1.00. The zero-order valence-electron chi connectivity index (χ0n) is 16.4. The summed E-state index contributed by atoms with van der Waals surface area (Å²) in [5.74, 6) is 1.74. The molecule has 1 aliphatic heterocycles. The van der Waals surface area contributed by atoms with Crippen LogP contribution in [0.5, 0.6) is 11.5 Å². The molecule has 0 aliphatic carbocycles. The molecule has 7 heteroatoms. The van der Waals surface area contributed by atoms with Crippen LogP contribution in [0.3, 0.4) is 0 Å². The molecule has 0 spiro atoms. The molecule has 1 amide bonds. The van der Waals surface area contributed by atoms with Crippen molar-refractivity contribution < 1.29 is 18.7 Å². The van der Waals surface area contributed by atoms with Gasteiger partial charge in [0.25, 0.3) is 5.91 Å². The third-order valence-electron chi connectivity index (χ3n) is 4.77. The first-order valence-corrected chi connectivity index (χ1v) is 10.0. The van der Waals surface area contributed by atoms with Gasteiger partial charge in [0.15, 0.2) is 17.3 Å². The highest BCUT2D eigenvalue weighted by Gasteiger charge is 2.23. The normalized spacial score (nSPS) is 15.3. The van der Waals surface area contributed by atoms with E-state index in [1.54, 1.807) is 25.3 Å². The fourth-order valence-corrected chi connectivity index (χ4v) is 3.62. The standard InChI is InChI=1S/C21H27ClN2O4/c1-3-11-28-20-16(13-17(22)14-19(20)26-2)15-23-7-5-8-24(10-9-23)21(25)18-6-4-12-27-18/h4,6,12-14H,3,5,7-11,15H2,1-2H3. The van der Waals surface area contributed by atoms with Crippen molar-refractivity contribution >= 4 is 17.5 Å². The van der Waals surface area contributed by atoms with Gasteiger partial charge in [0, 0.05) is 49.4 Å². The van der Waals surface area contributed by atoms with Crippen molar-refractivity contribution in [3.8, 4) is 11.5 Å². The van der Waals surface area contributed by atoms with Gasteiger partial charge in [-0.2, -0.15) is 0 Å². The van der Waals surface area contributed by atoms with Gasteiger partial charge < -0.3 is 18.8 Å². The molecule has 1 saturated heterocycles. The van der Waals surface area contributed by atoms with Crippen molar-refractivity contribution in [2.75, 3.05) is 39.9 Å². The molecule has 0 saturated carbocycles. The first-order chi connectivity index (χ1) is 13.6. The number of furan rings is 1. The smallest absolute Gasteiger partial charge is 0.289 e. The lowest BCUT2D eigenvalue weighted by Crippen LogP contribution is -2.35. The van der Waals surface area contributed by atoms with Gasteiger partial charge in [-0.05, 0) is 31.0 Å². The van der Waals surface area contributed by atoms with Crippen molar-refractivity contribution in [1.29, 1.82) is 0 Å². The van der Waals surface area contributed by atoms with E-state index in [9.17, 15) is 4.79 Å². The Labute approximate surface area is 171 Å². The minimum Gasteiger partial charge on any atom is -0.493 e. The van der Waals surface area contributed by atoms with Gasteiger partial charge >= 0.3 is 0 Å². The molecule has 1 aromatic carbocycles. The van der Waals surface area contributed by atoms with Gasteiger partial charge in [0.1, 0.15) is 0 Å². The summed E-state index contributed by atoms with van der Waals surface area (Å²) >= 11 is 6.29. The van der Waals surface area contributed by atoms with Crippen LogP contribution in [-0.4, -0.2) is 55.6 Å². The molecule has 0 unspecified atom stereocenters. The number of carbonyl (C=O) groups excluding carboxylic acids is 1. The summed E-state index contributed by atoms with van der Waals surface area (Å²) in [6, 6.07) is 7.16. The number of rotatable bonds is 7. The molecule has 0 atom stereocenters. The lowest BCUT2D eigenvalue weighted by molar-refractivity contribution is 0.0729. The Morgan fingerprint density at radius 1 is 1.25 bits per heavy atom. The summed E-state index contributed by atoms with van der Waals surface area (Å²) in [6.07, 6.45) is 3.34. The van der Waals surface area contributed by atoms with E-state index in [0.717, 1.165) is 37.2 Å². The Morgan fingerprint density at radius 2 is 2.11 bits per heavy atom. The number of ether oxygens (including phenoxy) is 2. The van der Waals surface area contributed by atoms with Crippen LogP contribution < -0.4 is 9.47 Å². The Hall–Kier alpha value is -2.18. The predicted molar refractivity (Wildman–Crippen MR) is 108 cm³/mol. The van der Waals surface area contributed by atoms with Crippen molar-refractivity contribution in [2.24, 2.45) is 0 Å². The zero-order valence-corrected chi connectivity index (χ0v) is 17.2. The molecular formula is C21H27ClN2O4. The summed E-state index contributed by atoms with van der Waals surface area (Å²) in [5, 5.41) is 0.625. The molecule has 6 nitrogen and oxygen atoms in total. The quantitative estimate of drug-likeness (QED) is 0.693. The van der Waals surface area contributed by atoms with Crippen LogP contribution in [0.4, 0.5) is 0 Å². The van der Waals surface area contributed by atoms with Crippen molar-refractivity contribution in [2.45, 2.75) is 26.3 Å². The van der Waals surface area contributed by atoms with Crippen LogP contribution >= 0.6 is 11.6 Å². The Bertz CT molecular complexity index is 779. The number of nitrogens with zero attached hydrogens (tertiary/aromatic N) is 2. The number of amides is 1. The average Bonchev–Trinajstić information content (AvgIpc) is 3.13. The molecule has 1 fully saturated rings. The Balaban J connectivity index is 1.70. The van der Waals surface area contributed by atoms with Crippen molar-refractivity contribution in [3.05, 3.63) is 46.9 Å². The second-order valence-electron chi connectivity index (χ2n) is 6.84. The molecule has 3 rings (SSSR count). The van der Waals surface area contributed by atoms with Gasteiger partial charge in [0.2, 0.25) is 0 Å². The number of halogens is 1. The summed E-state index contributed by atoms with van der Waals surface area (Å²) < 4.78 is 16.7. The fraction of sp³-hybridized carbons (Fsp3) is 0.476. The molecule has 0 bridgehead atoms. The molecule has 152 valence electrons. The molecule has 1 aromatic heterocycles. The third-order valence-corrected chi connectivity index (χ3v) is 4.99. The topological polar surface area (TPSA) is 55.2 Å². The Kier molecular flexibility index (Phi) is 7.23. The number of benzene rings is 1. The SMILES string of the molecule is CCCOc1c(CN2CCCN(C(=O)c3ccco3)CC2)cc(Cl)cc1OC. The van der Waals surface area contributed by atoms with Crippen molar-refractivity contribution in [1.82, 2.24) is 9.80 Å². The lowest BCUT2D eigenvalue weighted by atomic mass is 10.1. The molecular weight excluding hydrogens is 380 g/mol. The number of carbonyl (C=O) groups is 1. The van der Waals surface area contributed by atoms with Gasteiger partial charge in [-0.3, -0.25) is 9.69 Å². The van der Waals surface area contributed by atoms with Crippen LogP contribution in [0.25, 0.3) is 0 Å². The first kappa shape index (κ1) is 20.6. The largest absolute Gasteiger partial charge is 0.493 e. The minimum absolute atomic E-state index is 0.0526. The number of methoxy groups -OCH3 is 1. The summed E-state index contributed by atoms with van der Waals surface area (Å²) in [6.45, 7) is 6.42. The molecule has 1 aliphatic rings. The summed E-state index contributed by atoms with van der Waals surface area (Å²) in [7, 11) is 1.62. The van der Waals surface area contributed by atoms with Crippen molar-refractivity contribution in [3.63, 3.8) is 0 Å². The van der Waals surface area contributed by atoms with Gasteiger partial charge in [-0.25, -0.2) is 0 Å². The highest BCUT2D eigenvalue weighted by Crippen LogP contribution is 2.35. The second-order valence-corrected chi connectivity index (χ2v) is 7.28. The monoisotopic (exact) mass is 406 g/mol. The molecule has 0 radical (unpaired) electrons. The van der Waals surface area contributed by atoms with Crippen LogP contribution in [0, 0.1) is 0 Å². The van der Waals surface area contributed by atoms with Crippen LogP contribution in [0.1, 0.15) is 35.9 Å². The molecule has 2 heterocycles. The van der Waals surface area contributed by atoms with E-state index in [-0.39, 0.29) is 5.91 Å². The van der Waals surface area contributed by atoms with Crippen LogP contribution in [0.15, 0.2) is 34.9 Å². The van der Waals surface area contributed by atoms with E-state index in [1.165, 1.54) is 6.26 Å². The van der Waals surface area contributed by atoms with E-state index >= 15 is 0 Å². The van der Waals surface area contributed by atoms with E-state index < -0.39 is 0 Å². The van der Waals surface area contributed by atoms with Crippen LogP contribution in [0.2, 0.25) is 5.02 Å². The van der Waals surface area contributed by atoms with Gasteiger partial charge in [-0.15, -0.1) is 0 Å². The second kappa shape index (κ2) is 9.85. The lowest BCUT2D eigenvalue weighted by Gasteiger charge is -2.23. The minimum atomic E-state index is -0.0526. The maximum Gasteiger partial charge on any atom is 0.289 e. The fourth-order valence-electron chi connectivity index (χ4n) is 3.39. The molecule has 2 aromatic rings. The van der Waals surface area contributed by atoms with E-state index in [4.69, 9.17) is 25.5 Å². The maximum atomic E-state index is 12.5. The summed E-state index contributed by atoms with van der Waals surface area (Å²) in [4.78, 5) is 16.7. The first-order valence-electron chi connectivity index (χ1n) is 9.66. The number of hydrogen-bond acceptors (Lipinski definition) is 5. The van der Waals surface area contributed by atoms with Crippen LogP contribution in [-0.2, 0) is 6.54 Å². The predicted octanol–water partition coefficient (Wildman–Crippen LogP) is 4.08. The van der Waals surface area contributed by atoms with Gasteiger partial charge in [-0.1, -0.05) is 18.5 Å². The maximum absolute atomic E-state index is 12.5. The third kappa shape index (κ3) is 5.00. The zero-order chi connectivity index (χ0) is 19.9. The highest BCUT2D eigenvalue weighted by molar-refractivity contribution is 6.30.